The number of fused-ring (bicyclic) bond motifs is 2. The van der Waals surface area contributed by atoms with Gasteiger partial charge in [-0.1, -0.05) is 12.1 Å². The average molecular weight is 476 g/mol. The smallest absolute Gasteiger partial charge is 0.337 e. The van der Waals surface area contributed by atoms with Crippen molar-refractivity contribution in [1.82, 2.24) is 9.97 Å². The third-order valence-electron chi connectivity index (χ3n) is 7.91. The Balaban J connectivity index is 1.19. The van der Waals surface area contributed by atoms with Crippen LogP contribution in [0.5, 0.6) is 0 Å². The van der Waals surface area contributed by atoms with Crippen LogP contribution in [-0.2, 0) is 11.3 Å². The number of carboxylic acids is 1. The minimum Gasteiger partial charge on any atom is -0.478 e. The van der Waals surface area contributed by atoms with Gasteiger partial charge in [-0.25, -0.2) is 14.2 Å². The number of nitrogens with zero attached hydrogens (tertiary/aromatic N) is 2. The van der Waals surface area contributed by atoms with Crippen molar-refractivity contribution in [2.75, 3.05) is 4.90 Å². The van der Waals surface area contributed by atoms with Gasteiger partial charge < -0.3 is 19.7 Å². The molecular weight excluding hydrogens is 445 g/mol. The molecule has 2 atom stereocenters. The maximum Gasteiger partial charge on any atom is 0.337 e. The minimum atomic E-state index is -0.959. The zero-order valence-corrected chi connectivity index (χ0v) is 19.8. The van der Waals surface area contributed by atoms with E-state index in [4.69, 9.17) is 9.84 Å². The Morgan fingerprint density at radius 1 is 1.17 bits per heavy atom. The summed E-state index contributed by atoms with van der Waals surface area (Å²) in [5, 5.41) is 9.16. The predicted octanol–water partition coefficient (Wildman–Crippen LogP) is 5.82. The second-order valence-corrected chi connectivity index (χ2v) is 10.2. The third-order valence-corrected chi connectivity index (χ3v) is 7.91. The zero-order chi connectivity index (χ0) is 24.1. The lowest BCUT2D eigenvalue weighted by Crippen LogP contribution is -2.46. The predicted molar refractivity (Wildman–Crippen MR) is 131 cm³/mol. The fraction of sp³-hybridized carbons (Fsp3) is 0.429. The van der Waals surface area contributed by atoms with Crippen molar-refractivity contribution < 1.29 is 19.0 Å². The summed E-state index contributed by atoms with van der Waals surface area (Å²) in [6.45, 7) is 2.44. The number of H-pyrrole nitrogens is 1. The Labute approximate surface area is 204 Å². The van der Waals surface area contributed by atoms with Crippen LogP contribution in [0.25, 0.3) is 11.1 Å². The highest BCUT2D eigenvalue weighted by Gasteiger charge is 2.42. The molecule has 4 heterocycles. The molecular formula is C28H30FN3O3. The van der Waals surface area contributed by atoms with Crippen LogP contribution in [0.2, 0.25) is 0 Å². The number of piperidine rings is 1. The Kier molecular flexibility index (Phi) is 5.60. The van der Waals surface area contributed by atoms with E-state index < -0.39 is 5.97 Å². The summed E-state index contributed by atoms with van der Waals surface area (Å²) in [4.78, 5) is 21.4. The molecule has 35 heavy (non-hydrogen) atoms. The lowest BCUT2D eigenvalue weighted by atomic mass is 9.96. The molecule has 2 unspecified atom stereocenters. The molecule has 2 bridgehead atoms. The van der Waals surface area contributed by atoms with Crippen LogP contribution in [-0.4, -0.2) is 39.2 Å². The largest absolute Gasteiger partial charge is 0.478 e. The number of nitrogens with one attached hydrogen (secondary N) is 1. The lowest BCUT2D eigenvalue weighted by Gasteiger charge is -2.39. The summed E-state index contributed by atoms with van der Waals surface area (Å²) in [6, 6.07) is 9.37. The average Bonchev–Trinajstić information content (AvgIpc) is 3.55. The molecule has 6 nitrogen and oxygen atoms in total. The van der Waals surface area contributed by atoms with Gasteiger partial charge in [-0.2, -0.15) is 0 Å². The molecule has 1 aliphatic carbocycles. The number of hydrogen-bond acceptors (Lipinski definition) is 4. The summed E-state index contributed by atoms with van der Waals surface area (Å²) < 4.78 is 21.4. The number of halogens is 1. The van der Waals surface area contributed by atoms with Gasteiger partial charge in [0.15, 0.2) is 0 Å². The van der Waals surface area contributed by atoms with E-state index in [9.17, 15) is 9.18 Å². The molecule has 2 aliphatic heterocycles. The number of benzene rings is 1. The molecule has 1 saturated carbocycles. The first-order valence-corrected chi connectivity index (χ1v) is 12.5. The number of ether oxygens (including phenoxy) is 1. The van der Waals surface area contributed by atoms with Gasteiger partial charge in [0.1, 0.15) is 11.6 Å². The number of aromatic amines is 1. The van der Waals surface area contributed by atoms with Gasteiger partial charge in [-0.3, -0.25) is 0 Å². The molecule has 3 aromatic rings. The van der Waals surface area contributed by atoms with Crippen molar-refractivity contribution in [2.45, 2.75) is 76.2 Å². The maximum atomic E-state index is 14.8. The number of pyridine rings is 1. The maximum absolute atomic E-state index is 14.8. The molecule has 2 aromatic heterocycles. The SMILES string of the molecule is Cc1cccc(F)c1-c1c[nH]c(C2CC2)c1COC1CC2CCC(C1)N2c1ccc(C(=O)O)cn1. The summed E-state index contributed by atoms with van der Waals surface area (Å²) in [5.74, 6) is 0.215. The van der Waals surface area contributed by atoms with E-state index in [2.05, 4.69) is 14.9 Å². The number of rotatable bonds is 7. The van der Waals surface area contributed by atoms with Crippen LogP contribution in [0.3, 0.4) is 0 Å². The molecule has 6 rings (SSSR count). The van der Waals surface area contributed by atoms with E-state index in [0.717, 1.165) is 48.2 Å². The van der Waals surface area contributed by atoms with E-state index in [-0.39, 0.29) is 17.5 Å². The van der Waals surface area contributed by atoms with Crippen LogP contribution >= 0.6 is 0 Å². The quantitative estimate of drug-likeness (QED) is 0.450. The van der Waals surface area contributed by atoms with E-state index >= 15 is 0 Å². The molecule has 182 valence electrons. The van der Waals surface area contributed by atoms with Crippen LogP contribution in [0.15, 0.2) is 42.7 Å². The molecule has 0 amide bonds. The lowest BCUT2D eigenvalue weighted by molar-refractivity contribution is 0.0149. The topological polar surface area (TPSA) is 78.5 Å². The van der Waals surface area contributed by atoms with Crippen molar-refractivity contribution in [3.63, 3.8) is 0 Å². The molecule has 3 fully saturated rings. The zero-order valence-electron chi connectivity index (χ0n) is 19.8. The van der Waals surface area contributed by atoms with Gasteiger partial charge in [-0.05, 0) is 75.1 Å². The van der Waals surface area contributed by atoms with Crippen LogP contribution < -0.4 is 4.90 Å². The first-order chi connectivity index (χ1) is 17.0. The fourth-order valence-electron chi connectivity index (χ4n) is 6.06. The van der Waals surface area contributed by atoms with Crippen molar-refractivity contribution in [3.05, 3.63) is 70.9 Å². The molecule has 7 heteroatoms. The highest BCUT2D eigenvalue weighted by Crippen LogP contribution is 2.45. The van der Waals surface area contributed by atoms with Crippen LogP contribution in [0, 0.1) is 12.7 Å². The standard InChI is InChI=1S/C28H30FN3O3/c1-16-3-2-4-24(29)26(16)22-14-31-27(17-5-6-17)23(22)15-35-21-11-19-8-9-20(12-21)32(19)25-10-7-18(13-30-25)28(33)34/h2-4,7,10,13-14,17,19-21,31H,5-6,8-9,11-12,15H2,1H3,(H,33,34). The Morgan fingerprint density at radius 3 is 2.57 bits per heavy atom. The molecule has 2 N–H and O–H groups in total. The van der Waals surface area contributed by atoms with Gasteiger partial charge in [0.05, 0.1) is 18.3 Å². The molecule has 0 radical (unpaired) electrons. The van der Waals surface area contributed by atoms with Gasteiger partial charge in [-0.15, -0.1) is 0 Å². The van der Waals surface area contributed by atoms with Gasteiger partial charge in [0, 0.05) is 46.9 Å². The van der Waals surface area contributed by atoms with Crippen molar-refractivity contribution in [3.8, 4) is 11.1 Å². The highest BCUT2D eigenvalue weighted by atomic mass is 19.1. The van der Waals surface area contributed by atoms with E-state index in [0.29, 0.717) is 30.2 Å². The highest BCUT2D eigenvalue weighted by molar-refractivity contribution is 5.87. The van der Waals surface area contributed by atoms with Crippen LogP contribution in [0.4, 0.5) is 10.2 Å². The summed E-state index contributed by atoms with van der Waals surface area (Å²) in [6.07, 6.45) is 9.87. The molecule has 2 saturated heterocycles. The van der Waals surface area contributed by atoms with E-state index in [1.54, 1.807) is 12.1 Å². The number of aromatic carboxylic acids is 1. The first-order valence-electron chi connectivity index (χ1n) is 12.5. The third kappa shape index (κ3) is 4.12. The Hall–Kier alpha value is -3.19. The molecule has 0 spiro atoms. The summed E-state index contributed by atoms with van der Waals surface area (Å²) in [7, 11) is 0. The number of anilines is 1. The van der Waals surface area contributed by atoms with Gasteiger partial charge >= 0.3 is 5.97 Å². The van der Waals surface area contributed by atoms with Crippen molar-refractivity contribution in [1.29, 1.82) is 0 Å². The second-order valence-electron chi connectivity index (χ2n) is 10.2. The van der Waals surface area contributed by atoms with Gasteiger partial charge in [0.2, 0.25) is 0 Å². The van der Waals surface area contributed by atoms with E-state index in [1.807, 2.05) is 25.3 Å². The monoisotopic (exact) mass is 475 g/mol. The van der Waals surface area contributed by atoms with Gasteiger partial charge in [0.25, 0.3) is 0 Å². The first kappa shape index (κ1) is 22.3. The molecule has 3 aliphatic rings. The number of aryl methyl sites for hydroxylation is 1. The normalized spacial score (nSPS) is 23.6. The minimum absolute atomic E-state index is 0.138. The summed E-state index contributed by atoms with van der Waals surface area (Å²) in [5.41, 5.74) is 5.02. The van der Waals surface area contributed by atoms with Crippen LogP contribution in [0.1, 0.15) is 71.6 Å². The Morgan fingerprint density at radius 2 is 1.94 bits per heavy atom. The number of aromatic nitrogens is 2. The van der Waals surface area contributed by atoms with E-state index in [1.165, 1.54) is 30.8 Å². The van der Waals surface area contributed by atoms with Crippen molar-refractivity contribution in [2.24, 2.45) is 0 Å². The number of carbonyl (C=O) groups is 1. The van der Waals surface area contributed by atoms with Crippen molar-refractivity contribution >= 4 is 11.8 Å². The fourth-order valence-corrected chi connectivity index (χ4v) is 6.06. The number of hydrogen-bond donors (Lipinski definition) is 2. The second kappa shape index (κ2) is 8.79. The molecule has 1 aromatic carbocycles. The number of carboxylic acid groups (broad SMARTS) is 1. The Bertz CT molecular complexity index is 1220. The summed E-state index contributed by atoms with van der Waals surface area (Å²) >= 11 is 0.